The maximum absolute atomic E-state index is 11.9. The average molecular weight is 305 g/mol. The quantitative estimate of drug-likeness (QED) is 0.831. The average Bonchev–Trinajstić information content (AvgIpc) is 2.86. The van der Waals surface area contributed by atoms with E-state index in [1.165, 1.54) is 18.2 Å². The maximum Gasteiger partial charge on any atom is 0.261 e. The number of aromatic nitrogens is 2. The smallest absolute Gasteiger partial charge is 0.261 e. The third kappa shape index (κ3) is 3.88. The summed E-state index contributed by atoms with van der Waals surface area (Å²) in [5.41, 5.74) is 0.310. The maximum atomic E-state index is 11.9. The van der Waals surface area contributed by atoms with Crippen molar-refractivity contribution in [1.29, 1.82) is 0 Å². The molecule has 0 bridgehead atoms. The van der Waals surface area contributed by atoms with Crippen LogP contribution in [0.4, 0.5) is 8.78 Å². The van der Waals surface area contributed by atoms with Crippen LogP contribution in [0.15, 0.2) is 22.7 Å². The van der Waals surface area contributed by atoms with Gasteiger partial charge in [-0.15, -0.1) is 0 Å². The molecule has 1 aromatic carbocycles. The molecule has 0 radical (unpaired) electrons. The van der Waals surface area contributed by atoms with Crippen LogP contribution in [0.2, 0.25) is 5.02 Å². The fraction of sp³-hybridized carbons (Fsp3) is 0.333. The van der Waals surface area contributed by atoms with E-state index in [1.54, 1.807) is 0 Å². The van der Waals surface area contributed by atoms with Crippen LogP contribution in [0, 0.1) is 0 Å². The van der Waals surface area contributed by atoms with E-state index in [0.29, 0.717) is 16.4 Å². The van der Waals surface area contributed by atoms with E-state index >= 15 is 0 Å². The molecule has 0 saturated carbocycles. The Morgan fingerprint density at radius 2 is 2.20 bits per heavy atom. The number of phenols is 1. The SMILES string of the molecule is Oc1ccc(Cl)cc1-c1nc(CCOCC(F)F)no1. The van der Waals surface area contributed by atoms with E-state index in [-0.39, 0.29) is 24.7 Å². The van der Waals surface area contributed by atoms with Crippen molar-refractivity contribution in [1.82, 2.24) is 10.1 Å². The van der Waals surface area contributed by atoms with Gasteiger partial charge in [0.15, 0.2) is 5.82 Å². The molecule has 0 unspecified atom stereocenters. The summed E-state index contributed by atoms with van der Waals surface area (Å²) < 4.78 is 33.4. The normalized spacial score (nSPS) is 11.2. The van der Waals surface area contributed by atoms with Crippen molar-refractivity contribution in [3.8, 4) is 17.2 Å². The van der Waals surface area contributed by atoms with E-state index in [1.807, 2.05) is 0 Å². The number of nitrogens with zero attached hydrogens (tertiary/aromatic N) is 2. The molecule has 0 amide bonds. The molecule has 8 heteroatoms. The molecule has 1 aromatic heterocycles. The summed E-state index contributed by atoms with van der Waals surface area (Å²) in [6, 6.07) is 4.42. The highest BCUT2D eigenvalue weighted by molar-refractivity contribution is 6.30. The van der Waals surface area contributed by atoms with Crippen molar-refractivity contribution < 1.29 is 23.1 Å². The van der Waals surface area contributed by atoms with Crippen LogP contribution in [-0.2, 0) is 11.2 Å². The van der Waals surface area contributed by atoms with E-state index in [4.69, 9.17) is 20.9 Å². The Balaban J connectivity index is 2.00. The van der Waals surface area contributed by atoms with Gasteiger partial charge in [-0.3, -0.25) is 0 Å². The number of alkyl halides is 2. The zero-order valence-corrected chi connectivity index (χ0v) is 11.0. The summed E-state index contributed by atoms with van der Waals surface area (Å²) >= 11 is 5.81. The third-order valence-electron chi connectivity index (χ3n) is 2.37. The molecule has 0 saturated heterocycles. The summed E-state index contributed by atoms with van der Waals surface area (Å²) in [6.45, 7) is -0.565. The first kappa shape index (κ1) is 14.7. The van der Waals surface area contributed by atoms with Crippen LogP contribution >= 0.6 is 11.6 Å². The van der Waals surface area contributed by atoms with Gasteiger partial charge in [-0.2, -0.15) is 4.98 Å². The number of aromatic hydroxyl groups is 1. The number of hydrogen-bond acceptors (Lipinski definition) is 5. The summed E-state index contributed by atoms with van der Waals surface area (Å²) in [5.74, 6) is 0.362. The van der Waals surface area contributed by atoms with Crippen LogP contribution in [-0.4, -0.2) is 34.9 Å². The zero-order chi connectivity index (χ0) is 14.5. The van der Waals surface area contributed by atoms with Gasteiger partial charge >= 0.3 is 0 Å². The largest absolute Gasteiger partial charge is 0.507 e. The molecule has 20 heavy (non-hydrogen) atoms. The topological polar surface area (TPSA) is 68.4 Å². The summed E-state index contributed by atoms with van der Waals surface area (Å²) in [4.78, 5) is 4.04. The summed E-state index contributed by atoms with van der Waals surface area (Å²) in [6.07, 6.45) is -2.27. The summed E-state index contributed by atoms with van der Waals surface area (Å²) in [5, 5.41) is 13.8. The number of hydrogen-bond donors (Lipinski definition) is 1. The van der Waals surface area contributed by atoms with Gasteiger partial charge in [0.2, 0.25) is 0 Å². The highest BCUT2D eigenvalue weighted by atomic mass is 35.5. The van der Waals surface area contributed by atoms with Crippen LogP contribution in [0.3, 0.4) is 0 Å². The summed E-state index contributed by atoms with van der Waals surface area (Å²) in [7, 11) is 0. The van der Waals surface area contributed by atoms with Gasteiger partial charge in [-0.1, -0.05) is 16.8 Å². The molecular weight excluding hydrogens is 294 g/mol. The number of ether oxygens (including phenoxy) is 1. The predicted octanol–water partition coefficient (Wildman–Crippen LogP) is 2.92. The number of rotatable bonds is 6. The predicted molar refractivity (Wildman–Crippen MR) is 66.9 cm³/mol. The van der Waals surface area contributed by atoms with Crippen molar-refractivity contribution in [2.75, 3.05) is 13.2 Å². The molecular formula is C12H11ClF2N2O3. The van der Waals surface area contributed by atoms with Gasteiger partial charge in [0, 0.05) is 11.4 Å². The standard InChI is InChI=1S/C12H11ClF2N2O3/c13-7-1-2-9(18)8(5-7)12-16-11(17-20-12)3-4-19-6-10(14)15/h1-2,5,10,18H,3-4,6H2. The minimum Gasteiger partial charge on any atom is -0.507 e. The molecule has 5 nitrogen and oxygen atoms in total. The lowest BCUT2D eigenvalue weighted by atomic mass is 10.2. The van der Waals surface area contributed by atoms with E-state index < -0.39 is 13.0 Å². The number of benzene rings is 1. The van der Waals surface area contributed by atoms with Crippen molar-refractivity contribution >= 4 is 11.6 Å². The first-order valence-corrected chi connectivity index (χ1v) is 6.11. The molecule has 0 spiro atoms. The Morgan fingerprint density at radius 3 is 2.95 bits per heavy atom. The Labute approximate surface area is 118 Å². The molecule has 0 aliphatic carbocycles. The Kier molecular flexibility index (Phi) is 4.86. The van der Waals surface area contributed by atoms with E-state index in [0.717, 1.165) is 0 Å². The van der Waals surface area contributed by atoms with E-state index in [2.05, 4.69) is 10.1 Å². The first-order chi connectivity index (χ1) is 9.56. The second-order valence-electron chi connectivity index (χ2n) is 3.89. The molecule has 1 N–H and O–H groups in total. The minimum atomic E-state index is -2.50. The number of phenolic OH excluding ortho intramolecular Hbond substituents is 1. The Morgan fingerprint density at radius 1 is 1.40 bits per heavy atom. The third-order valence-corrected chi connectivity index (χ3v) is 2.61. The van der Waals surface area contributed by atoms with Crippen molar-refractivity contribution in [2.45, 2.75) is 12.8 Å². The van der Waals surface area contributed by atoms with Crippen molar-refractivity contribution in [3.05, 3.63) is 29.0 Å². The monoisotopic (exact) mass is 304 g/mol. The molecule has 2 rings (SSSR count). The first-order valence-electron chi connectivity index (χ1n) is 5.73. The van der Waals surface area contributed by atoms with Crippen LogP contribution in [0.5, 0.6) is 5.75 Å². The molecule has 2 aromatic rings. The van der Waals surface area contributed by atoms with Crippen molar-refractivity contribution in [2.24, 2.45) is 0 Å². The lowest BCUT2D eigenvalue weighted by Gasteiger charge is -2.00. The van der Waals surface area contributed by atoms with Gasteiger partial charge in [-0.05, 0) is 18.2 Å². The van der Waals surface area contributed by atoms with Gasteiger partial charge in [0.25, 0.3) is 12.3 Å². The van der Waals surface area contributed by atoms with Gasteiger partial charge in [0.1, 0.15) is 12.4 Å². The molecule has 108 valence electrons. The second-order valence-corrected chi connectivity index (χ2v) is 4.33. The molecule has 0 aliphatic rings. The highest BCUT2D eigenvalue weighted by Crippen LogP contribution is 2.30. The lowest BCUT2D eigenvalue weighted by molar-refractivity contribution is 0.0182. The van der Waals surface area contributed by atoms with Gasteiger partial charge < -0.3 is 14.4 Å². The molecule has 0 atom stereocenters. The Hall–Kier alpha value is -1.73. The zero-order valence-electron chi connectivity index (χ0n) is 10.2. The second kappa shape index (κ2) is 6.62. The molecule has 0 fully saturated rings. The highest BCUT2D eigenvalue weighted by Gasteiger charge is 2.13. The number of halogens is 3. The fourth-order valence-corrected chi connectivity index (χ4v) is 1.65. The van der Waals surface area contributed by atoms with Gasteiger partial charge in [0.05, 0.1) is 12.2 Å². The van der Waals surface area contributed by atoms with Crippen LogP contribution in [0.1, 0.15) is 5.82 Å². The van der Waals surface area contributed by atoms with Crippen molar-refractivity contribution in [3.63, 3.8) is 0 Å². The molecule has 1 heterocycles. The fourth-order valence-electron chi connectivity index (χ4n) is 1.48. The van der Waals surface area contributed by atoms with Gasteiger partial charge in [-0.25, -0.2) is 8.78 Å². The van der Waals surface area contributed by atoms with Crippen LogP contribution < -0.4 is 0 Å². The van der Waals surface area contributed by atoms with E-state index in [9.17, 15) is 13.9 Å². The lowest BCUT2D eigenvalue weighted by Crippen LogP contribution is -2.07. The molecule has 0 aliphatic heterocycles. The van der Waals surface area contributed by atoms with Crippen LogP contribution in [0.25, 0.3) is 11.5 Å². The minimum absolute atomic E-state index is 0.0430. The Bertz CT molecular complexity index is 578.